The minimum atomic E-state index is 0.792. The Morgan fingerprint density at radius 1 is 0.448 bits per heavy atom. The summed E-state index contributed by atoms with van der Waals surface area (Å²) >= 11 is 0. The number of ether oxygens (including phenoxy) is 6. The highest BCUT2D eigenvalue weighted by Crippen LogP contribution is 2.22. The quantitative estimate of drug-likeness (QED) is 0.0569. The molecule has 0 radical (unpaired) electrons. The second-order valence-electron chi connectivity index (χ2n) is 21.0. The Bertz CT molecular complexity index is 3460. The summed E-state index contributed by atoms with van der Waals surface area (Å²) in [6.45, 7) is 6.87. The van der Waals surface area contributed by atoms with Gasteiger partial charge in [-0.2, -0.15) is 0 Å². The first-order chi connectivity index (χ1) is 42.7. The first-order valence-electron chi connectivity index (χ1n) is 30.1. The van der Waals surface area contributed by atoms with Crippen molar-refractivity contribution >= 4 is 49.5 Å². The van der Waals surface area contributed by atoms with Crippen LogP contribution in [0.4, 0.5) is 0 Å². The van der Waals surface area contributed by atoms with Crippen molar-refractivity contribution in [2.45, 2.75) is 84.0 Å². The Labute approximate surface area is 512 Å². The molecule has 87 heavy (non-hydrogen) atoms. The fourth-order valence-electron chi connectivity index (χ4n) is 10.4. The molecule has 1 N–H and O–H groups in total. The van der Waals surface area contributed by atoms with E-state index in [1.165, 1.54) is 44.1 Å². The van der Waals surface area contributed by atoms with Crippen LogP contribution in [0.1, 0.15) is 78.3 Å². The van der Waals surface area contributed by atoms with E-state index in [1.54, 1.807) is 42.7 Å². The van der Waals surface area contributed by atoms with Crippen LogP contribution < -0.4 is 0 Å². The molecule has 0 aliphatic rings. The van der Waals surface area contributed by atoms with E-state index in [-0.39, 0.29) is 0 Å². The molecule has 0 atom stereocenters. The number of pyridine rings is 6. The van der Waals surface area contributed by atoms with E-state index < -0.39 is 0 Å². The van der Waals surface area contributed by atoms with Crippen molar-refractivity contribution in [3.8, 4) is 0 Å². The molecule has 0 amide bonds. The molecule has 0 aliphatic heterocycles. The van der Waals surface area contributed by atoms with E-state index >= 15 is 0 Å². The molecule has 0 fully saturated rings. The number of rotatable bonds is 24. The number of hydrogen-bond acceptors (Lipinski definition) is 12. The third kappa shape index (κ3) is 19.7. The number of nitrogens with zero attached hydrogens (tertiary/aromatic N) is 11. The first-order valence-corrected chi connectivity index (χ1v) is 30.1. The molecule has 0 saturated carbocycles. The van der Waals surface area contributed by atoms with E-state index in [9.17, 15) is 0 Å². The first kappa shape index (κ1) is 66.4. The number of imidazole rings is 3. The van der Waals surface area contributed by atoms with Gasteiger partial charge in [0.2, 0.25) is 0 Å². The zero-order valence-electron chi connectivity index (χ0n) is 52.6. The molecule has 12 heterocycles. The fourth-order valence-corrected chi connectivity index (χ4v) is 10.4. The summed E-state index contributed by atoms with van der Waals surface area (Å²) in [5.41, 5.74) is 15.5. The van der Waals surface area contributed by atoms with Gasteiger partial charge in [-0.05, 0) is 155 Å². The Morgan fingerprint density at radius 2 is 1.00 bits per heavy atom. The molecule has 12 rings (SSSR count). The Morgan fingerprint density at radius 3 is 1.70 bits per heavy atom. The van der Waals surface area contributed by atoms with Crippen LogP contribution in [0.25, 0.3) is 49.5 Å². The van der Waals surface area contributed by atoms with Gasteiger partial charge in [-0.1, -0.05) is 18.2 Å². The number of H-pyrrole nitrogens is 1. The van der Waals surface area contributed by atoms with Gasteiger partial charge in [-0.25, -0.2) is 15.0 Å². The maximum Gasteiger partial charge on any atom is 0.113 e. The van der Waals surface area contributed by atoms with Crippen molar-refractivity contribution in [2.24, 2.45) is 14.1 Å². The summed E-state index contributed by atoms with van der Waals surface area (Å²) in [7, 11) is 14.5. The van der Waals surface area contributed by atoms with Gasteiger partial charge in [-0.3, -0.25) is 15.0 Å². The van der Waals surface area contributed by atoms with Crippen molar-refractivity contribution in [1.82, 2.24) is 57.2 Å². The minimum Gasteiger partial charge on any atom is -0.385 e. The Kier molecular flexibility index (Phi) is 28.1. The van der Waals surface area contributed by atoms with Crippen molar-refractivity contribution in [3.05, 3.63) is 199 Å². The highest BCUT2D eigenvalue weighted by molar-refractivity contribution is 5.83. The van der Waals surface area contributed by atoms with Crippen LogP contribution >= 0.6 is 0 Å². The summed E-state index contributed by atoms with van der Waals surface area (Å²) in [6, 6.07) is 28.6. The molecule has 0 spiro atoms. The third-order valence-electron chi connectivity index (χ3n) is 14.7. The van der Waals surface area contributed by atoms with E-state index in [2.05, 4.69) is 123 Å². The van der Waals surface area contributed by atoms with Crippen LogP contribution in [0.5, 0.6) is 0 Å². The topological polar surface area (TPSA) is 172 Å². The van der Waals surface area contributed by atoms with Crippen LogP contribution in [0.3, 0.4) is 0 Å². The van der Waals surface area contributed by atoms with Gasteiger partial charge in [0.1, 0.15) is 11.6 Å². The molecule has 0 aliphatic carbocycles. The predicted molar refractivity (Wildman–Crippen MR) is 349 cm³/mol. The molecule has 0 saturated heterocycles. The zero-order chi connectivity index (χ0) is 61.4. The molecule has 0 unspecified atom stereocenters. The average Bonchev–Trinajstić information content (AvgIpc) is 4.23. The van der Waals surface area contributed by atoms with E-state index in [0.29, 0.717) is 0 Å². The number of aromatic nitrogens is 12. The fraction of sp³-hybridized carbons (Fsp3) is 0.391. The number of hydrogen-bond donors (Lipinski definition) is 1. The van der Waals surface area contributed by atoms with Crippen molar-refractivity contribution in [1.29, 1.82) is 0 Å². The Balaban J connectivity index is 0.000000149. The molecule has 462 valence electrons. The number of aryl methyl sites for hydroxylation is 9. The van der Waals surface area contributed by atoms with Crippen molar-refractivity contribution in [2.75, 3.05) is 82.3 Å². The summed E-state index contributed by atoms with van der Waals surface area (Å²) < 4.78 is 40.8. The van der Waals surface area contributed by atoms with E-state index in [0.717, 1.165) is 162 Å². The SMILES string of the molecule is COCCCc1c[nH]c2cccnc12.COCCCc1cn(C)c2cccnc12.COCCCc1cn(C)c2cnccc12.COCCCc1nc(C)c2ccccn12.COCCCc1ncc2ccccn12.COCCCc1ncn2ccccc12. The van der Waals surface area contributed by atoms with Gasteiger partial charge in [0.15, 0.2) is 0 Å². The predicted octanol–water partition coefficient (Wildman–Crippen LogP) is 12.5. The van der Waals surface area contributed by atoms with Crippen LogP contribution in [0.2, 0.25) is 0 Å². The highest BCUT2D eigenvalue weighted by Gasteiger charge is 2.10. The van der Waals surface area contributed by atoms with Gasteiger partial charge < -0.3 is 55.7 Å². The van der Waals surface area contributed by atoms with Gasteiger partial charge in [0.25, 0.3) is 0 Å². The molecule has 18 nitrogen and oxygen atoms in total. The number of methoxy groups -OCH3 is 6. The monoisotopic (exact) mass is 1180 g/mol. The average molecular weight is 1180 g/mol. The molecule has 0 aromatic carbocycles. The lowest BCUT2D eigenvalue weighted by Crippen LogP contribution is -1.97. The normalized spacial score (nSPS) is 11.0. The molecule has 18 heteroatoms. The molecular weight excluding hydrogens is 1090 g/mol. The van der Waals surface area contributed by atoms with Crippen LogP contribution in [-0.2, 0) is 81.0 Å². The zero-order valence-corrected chi connectivity index (χ0v) is 52.6. The standard InChI is InChI=1S/3C12H16N2O.3C11H14N2O/c1-14-9-10(5-4-8-15-2)12-11(14)6-3-7-13-12;1-14-9-10(4-3-7-15-2)11-5-6-13-8-12(11)14;1-10-11-6-3-4-8-14(11)12(13-10)7-5-9-15-2;1-14-7-3-4-9-8-13-10-5-2-6-12-11(9)10;1-14-8-4-5-10-11-6-2-3-7-13(11)9-12-10;1-14-8-4-6-11-12-9-10-5-2-3-7-13(10)11/h3,6-7,9H,4-5,8H2,1-2H3;5-6,8-9H,3-4,7H2,1-2H3;3-4,6,8H,5,7,9H2,1-2H3;2,5-6,8,13H,3-4,7H2,1H3;2-3,6-7,9H,4-5,8H2,1H3;2-3,5,7,9H,4,6,8H2,1H3. The highest BCUT2D eigenvalue weighted by atomic mass is 16.5. The van der Waals surface area contributed by atoms with Gasteiger partial charge in [-0.15, -0.1) is 0 Å². The summed E-state index contributed by atoms with van der Waals surface area (Å²) in [6.07, 6.45) is 36.0. The number of aromatic amines is 1. The second kappa shape index (κ2) is 36.8. The molecule has 0 bridgehead atoms. The van der Waals surface area contributed by atoms with Crippen LogP contribution in [-0.4, -0.2) is 140 Å². The largest absolute Gasteiger partial charge is 0.385 e. The lowest BCUT2D eigenvalue weighted by molar-refractivity contribution is 0.194. The summed E-state index contributed by atoms with van der Waals surface area (Å²) in [5, 5.41) is 1.31. The van der Waals surface area contributed by atoms with Crippen LogP contribution in [0, 0.1) is 6.92 Å². The third-order valence-corrected chi connectivity index (χ3v) is 14.7. The number of nitrogens with one attached hydrogen (secondary N) is 1. The molecule has 12 aromatic rings. The lowest BCUT2D eigenvalue weighted by Gasteiger charge is -2.00. The molecular formula is C69H90N12O6. The summed E-state index contributed by atoms with van der Waals surface area (Å²) in [5.74, 6) is 2.23. The maximum absolute atomic E-state index is 5.06. The second-order valence-corrected chi connectivity index (χ2v) is 21.0. The minimum absolute atomic E-state index is 0.792. The van der Waals surface area contributed by atoms with Crippen molar-refractivity contribution in [3.63, 3.8) is 0 Å². The van der Waals surface area contributed by atoms with E-state index in [1.807, 2.05) is 115 Å². The smallest absolute Gasteiger partial charge is 0.113 e. The molecule has 12 aromatic heterocycles. The van der Waals surface area contributed by atoms with Gasteiger partial charge >= 0.3 is 0 Å². The van der Waals surface area contributed by atoms with Gasteiger partial charge in [0, 0.05) is 170 Å². The van der Waals surface area contributed by atoms with E-state index in [4.69, 9.17) is 28.4 Å². The Hall–Kier alpha value is -8.10. The van der Waals surface area contributed by atoms with Gasteiger partial charge in [0.05, 0.1) is 74.2 Å². The van der Waals surface area contributed by atoms with Crippen LogP contribution in [0.15, 0.2) is 159 Å². The maximum atomic E-state index is 5.06. The van der Waals surface area contributed by atoms with Crippen molar-refractivity contribution < 1.29 is 28.4 Å². The number of fused-ring (bicyclic) bond motifs is 6. The summed E-state index contributed by atoms with van der Waals surface area (Å²) in [4.78, 5) is 29.4. The lowest BCUT2D eigenvalue weighted by atomic mass is 10.1.